The van der Waals surface area contributed by atoms with Crippen LogP contribution < -0.4 is 5.32 Å². The molecule has 4 atom stereocenters. The molecule has 3 rings (SSSR count). The standard InChI is InChI=1S/C17H21N5O6/c1-16(2,3)28-15(26)21-14-9-4-5-11(22(9)20-8-19-14)17(7-18)13(25)12(24)10(6-23)27-17/h4-5,8,10,12-13,23-25H,6H2,1-3H3,(H,19,20,21,26)/t10-,12-,13-,17+/m1/s1. The Morgan fingerprint density at radius 2 is 2.18 bits per heavy atom. The Morgan fingerprint density at radius 3 is 2.75 bits per heavy atom. The number of aromatic nitrogens is 3. The Balaban J connectivity index is 2.01. The van der Waals surface area contributed by atoms with Gasteiger partial charge in [-0.05, 0) is 32.9 Å². The van der Waals surface area contributed by atoms with E-state index in [4.69, 9.17) is 9.47 Å². The van der Waals surface area contributed by atoms with Crippen molar-refractivity contribution in [3.63, 3.8) is 0 Å². The molecule has 11 heteroatoms. The average Bonchev–Trinajstić information content (AvgIpc) is 3.15. The van der Waals surface area contributed by atoms with E-state index in [0.717, 1.165) is 6.33 Å². The Hall–Kier alpha value is -2.78. The van der Waals surface area contributed by atoms with Crippen LogP contribution in [0.4, 0.5) is 10.6 Å². The van der Waals surface area contributed by atoms with Crippen LogP contribution in [0.1, 0.15) is 26.5 Å². The number of nitriles is 1. The van der Waals surface area contributed by atoms with Crippen molar-refractivity contribution in [1.82, 2.24) is 14.6 Å². The first kappa shape index (κ1) is 20.0. The molecule has 0 spiro atoms. The molecule has 11 nitrogen and oxygen atoms in total. The topological polar surface area (TPSA) is 162 Å². The zero-order chi connectivity index (χ0) is 20.7. The van der Waals surface area contributed by atoms with Gasteiger partial charge in [0.1, 0.15) is 41.8 Å². The summed E-state index contributed by atoms with van der Waals surface area (Å²) in [7, 11) is 0. The number of carbonyl (C=O) groups excluding carboxylic acids is 1. The van der Waals surface area contributed by atoms with Crippen molar-refractivity contribution in [2.75, 3.05) is 11.9 Å². The van der Waals surface area contributed by atoms with E-state index in [1.807, 2.05) is 6.07 Å². The number of nitrogens with zero attached hydrogens (tertiary/aromatic N) is 4. The van der Waals surface area contributed by atoms with Gasteiger partial charge in [0.2, 0.25) is 5.60 Å². The summed E-state index contributed by atoms with van der Waals surface area (Å²) in [6, 6.07) is 4.86. The number of ether oxygens (including phenoxy) is 2. The van der Waals surface area contributed by atoms with Gasteiger partial charge in [0, 0.05) is 0 Å². The number of aliphatic hydroxyl groups is 3. The molecule has 28 heavy (non-hydrogen) atoms. The second-order valence-electron chi connectivity index (χ2n) is 7.37. The predicted octanol–water partition coefficient (Wildman–Crippen LogP) is -0.0919. The number of hydrogen-bond donors (Lipinski definition) is 4. The highest BCUT2D eigenvalue weighted by Gasteiger charge is 2.57. The molecule has 1 saturated heterocycles. The predicted molar refractivity (Wildman–Crippen MR) is 94.1 cm³/mol. The third-order valence-corrected chi connectivity index (χ3v) is 4.26. The summed E-state index contributed by atoms with van der Waals surface area (Å²) in [4.78, 5) is 16.1. The van der Waals surface area contributed by atoms with E-state index in [1.165, 1.54) is 16.6 Å². The molecule has 0 saturated carbocycles. The number of anilines is 1. The van der Waals surface area contributed by atoms with E-state index in [0.29, 0.717) is 5.52 Å². The van der Waals surface area contributed by atoms with Gasteiger partial charge < -0.3 is 24.8 Å². The van der Waals surface area contributed by atoms with E-state index in [9.17, 15) is 25.4 Å². The van der Waals surface area contributed by atoms with Crippen molar-refractivity contribution in [2.45, 2.75) is 50.3 Å². The fourth-order valence-electron chi connectivity index (χ4n) is 3.04. The van der Waals surface area contributed by atoms with E-state index in [-0.39, 0.29) is 11.5 Å². The van der Waals surface area contributed by atoms with Gasteiger partial charge in [-0.3, -0.25) is 5.32 Å². The zero-order valence-electron chi connectivity index (χ0n) is 15.5. The van der Waals surface area contributed by atoms with Crippen LogP contribution in [0.5, 0.6) is 0 Å². The highest BCUT2D eigenvalue weighted by atomic mass is 16.6. The van der Waals surface area contributed by atoms with Gasteiger partial charge >= 0.3 is 6.09 Å². The molecule has 1 fully saturated rings. The molecular weight excluding hydrogens is 370 g/mol. The second-order valence-corrected chi connectivity index (χ2v) is 7.37. The molecule has 2 aromatic heterocycles. The molecule has 0 unspecified atom stereocenters. The summed E-state index contributed by atoms with van der Waals surface area (Å²) >= 11 is 0. The third kappa shape index (κ3) is 3.27. The van der Waals surface area contributed by atoms with Crippen LogP contribution in [0.2, 0.25) is 0 Å². The van der Waals surface area contributed by atoms with Gasteiger partial charge in [0.05, 0.1) is 12.3 Å². The van der Waals surface area contributed by atoms with Gasteiger partial charge in [-0.15, -0.1) is 0 Å². The monoisotopic (exact) mass is 391 g/mol. The minimum Gasteiger partial charge on any atom is -0.444 e. The fraction of sp³-hybridized carbons (Fsp3) is 0.529. The lowest BCUT2D eigenvalue weighted by Crippen LogP contribution is -2.41. The number of fused-ring (bicyclic) bond motifs is 1. The lowest BCUT2D eigenvalue weighted by Gasteiger charge is -2.24. The van der Waals surface area contributed by atoms with Crippen LogP contribution in [-0.4, -0.2) is 66.5 Å². The van der Waals surface area contributed by atoms with Gasteiger partial charge in [-0.1, -0.05) is 0 Å². The van der Waals surface area contributed by atoms with Crippen molar-refractivity contribution in [3.8, 4) is 6.07 Å². The molecule has 1 aliphatic heterocycles. The van der Waals surface area contributed by atoms with E-state index < -0.39 is 42.2 Å². The van der Waals surface area contributed by atoms with Crippen LogP contribution in [0, 0.1) is 11.3 Å². The lowest BCUT2D eigenvalue weighted by molar-refractivity contribution is -0.0643. The summed E-state index contributed by atoms with van der Waals surface area (Å²) in [5, 5.41) is 46.1. The molecule has 0 bridgehead atoms. The SMILES string of the molecule is CC(C)(C)OC(=O)Nc1ncnn2c([C@]3(C#N)O[C@H](CO)[C@@H](O)[C@H]3O)ccc12. The smallest absolute Gasteiger partial charge is 0.413 e. The van der Waals surface area contributed by atoms with Crippen LogP contribution in [-0.2, 0) is 15.1 Å². The quantitative estimate of drug-likeness (QED) is 0.560. The molecule has 3 heterocycles. The van der Waals surface area contributed by atoms with Crippen molar-refractivity contribution < 1.29 is 29.6 Å². The van der Waals surface area contributed by atoms with E-state index in [2.05, 4.69) is 15.4 Å². The first-order chi connectivity index (χ1) is 13.1. The van der Waals surface area contributed by atoms with Gasteiger partial charge in [0.25, 0.3) is 0 Å². The molecular formula is C17H21N5O6. The van der Waals surface area contributed by atoms with Crippen molar-refractivity contribution in [3.05, 3.63) is 24.2 Å². The number of carbonyl (C=O) groups is 1. The summed E-state index contributed by atoms with van der Waals surface area (Å²) in [5.41, 5.74) is -2.24. The van der Waals surface area contributed by atoms with Gasteiger partial charge in [-0.25, -0.2) is 14.3 Å². The average molecular weight is 391 g/mol. The molecule has 1 amide bonds. The third-order valence-electron chi connectivity index (χ3n) is 4.26. The maximum absolute atomic E-state index is 12.1. The Bertz CT molecular complexity index is 932. The number of rotatable bonds is 3. The van der Waals surface area contributed by atoms with Crippen molar-refractivity contribution in [2.24, 2.45) is 0 Å². The Labute approximate surface area is 160 Å². The van der Waals surface area contributed by atoms with Crippen LogP contribution in [0.15, 0.2) is 18.5 Å². The molecule has 0 aromatic carbocycles. The zero-order valence-corrected chi connectivity index (χ0v) is 15.5. The largest absolute Gasteiger partial charge is 0.444 e. The highest BCUT2D eigenvalue weighted by molar-refractivity contribution is 5.89. The fourth-order valence-corrected chi connectivity index (χ4v) is 3.04. The minimum atomic E-state index is -1.96. The van der Waals surface area contributed by atoms with Crippen LogP contribution >= 0.6 is 0 Å². The molecule has 150 valence electrons. The van der Waals surface area contributed by atoms with Gasteiger partial charge in [-0.2, -0.15) is 10.4 Å². The molecule has 4 N–H and O–H groups in total. The van der Waals surface area contributed by atoms with Crippen LogP contribution in [0.25, 0.3) is 5.52 Å². The Morgan fingerprint density at radius 1 is 1.46 bits per heavy atom. The molecule has 2 aromatic rings. The number of hydrogen-bond acceptors (Lipinski definition) is 9. The summed E-state index contributed by atoms with van der Waals surface area (Å²) in [6.45, 7) is 4.58. The lowest BCUT2D eigenvalue weighted by atomic mass is 9.92. The summed E-state index contributed by atoms with van der Waals surface area (Å²) in [5.74, 6) is 0.121. The first-order valence-electron chi connectivity index (χ1n) is 8.52. The molecule has 0 radical (unpaired) electrons. The van der Waals surface area contributed by atoms with Crippen molar-refractivity contribution >= 4 is 17.4 Å². The summed E-state index contributed by atoms with van der Waals surface area (Å²) in [6.07, 6.45) is -3.79. The van der Waals surface area contributed by atoms with Crippen LogP contribution in [0.3, 0.4) is 0 Å². The van der Waals surface area contributed by atoms with E-state index in [1.54, 1.807) is 20.8 Å². The van der Waals surface area contributed by atoms with Gasteiger partial charge in [0.15, 0.2) is 5.82 Å². The maximum Gasteiger partial charge on any atom is 0.413 e. The molecule has 1 aliphatic rings. The Kier molecular flexibility index (Phi) is 4.99. The number of aliphatic hydroxyl groups excluding tert-OH is 3. The number of amides is 1. The first-order valence-corrected chi connectivity index (χ1v) is 8.52. The maximum atomic E-state index is 12.1. The number of nitrogens with one attached hydrogen (secondary N) is 1. The molecule has 0 aliphatic carbocycles. The highest BCUT2D eigenvalue weighted by Crippen LogP contribution is 2.40. The normalized spacial score (nSPS) is 27.5. The van der Waals surface area contributed by atoms with E-state index >= 15 is 0 Å². The second kappa shape index (κ2) is 6.99. The van der Waals surface area contributed by atoms with Crippen molar-refractivity contribution in [1.29, 1.82) is 5.26 Å². The summed E-state index contributed by atoms with van der Waals surface area (Å²) < 4.78 is 12.0. The minimum absolute atomic E-state index is 0.113.